The quantitative estimate of drug-likeness (QED) is 0.453. The minimum Gasteiger partial charge on any atom is -0.392 e. The standard InChI is InChI=1S/C12H26N2O2.C10H18N2O2/c1-3-11(15)9-13-5-7-14(8-6-13)10-12(16)4-2;1-2-12(6-10-8-14-10)4-3-11(1)5-9-7-13-9/h11-12,15-16H,3-10H2,1-2H3;9-10H,1-8H2. The van der Waals surface area contributed by atoms with E-state index in [0.29, 0.717) is 12.2 Å². The van der Waals surface area contributed by atoms with Gasteiger partial charge in [0.2, 0.25) is 0 Å². The van der Waals surface area contributed by atoms with E-state index in [4.69, 9.17) is 9.47 Å². The van der Waals surface area contributed by atoms with E-state index in [1.165, 1.54) is 26.2 Å². The van der Waals surface area contributed by atoms with Gasteiger partial charge in [0.25, 0.3) is 0 Å². The summed E-state index contributed by atoms with van der Waals surface area (Å²) in [5, 5.41) is 19.1. The molecule has 0 spiro atoms. The number of aliphatic hydroxyl groups excluding tert-OH is 2. The number of β-amino-alcohol motifs (C(OH)–C–C–N with tert-alkyl or cyclic N) is 2. The summed E-state index contributed by atoms with van der Waals surface area (Å²) in [5.74, 6) is 0. The van der Waals surface area contributed by atoms with Crippen LogP contribution in [0.5, 0.6) is 0 Å². The molecule has 4 aliphatic rings. The molecule has 0 amide bonds. The van der Waals surface area contributed by atoms with Crippen molar-refractivity contribution in [2.45, 2.75) is 51.1 Å². The fourth-order valence-electron chi connectivity index (χ4n) is 4.09. The van der Waals surface area contributed by atoms with Gasteiger partial charge < -0.3 is 19.7 Å². The molecule has 4 heterocycles. The fraction of sp³-hybridized carbons (Fsp3) is 1.00. The highest BCUT2D eigenvalue weighted by Gasteiger charge is 2.30. The van der Waals surface area contributed by atoms with Gasteiger partial charge in [-0.05, 0) is 12.8 Å². The lowest BCUT2D eigenvalue weighted by Gasteiger charge is -2.36. The summed E-state index contributed by atoms with van der Waals surface area (Å²) in [6.45, 7) is 18.7. The largest absolute Gasteiger partial charge is 0.392 e. The number of nitrogens with zero attached hydrogens (tertiary/aromatic N) is 4. The van der Waals surface area contributed by atoms with Crippen LogP contribution in [-0.4, -0.2) is 146 Å². The fourth-order valence-corrected chi connectivity index (χ4v) is 4.09. The van der Waals surface area contributed by atoms with Crippen LogP contribution in [0.3, 0.4) is 0 Å². The van der Waals surface area contributed by atoms with E-state index >= 15 is 0 Å². The second kappa shape index (κ2) is 12.6. The SMILES string of the molecule is C1OC1CN1CCN(CC2CO2)CC1.CCC(O)CN1CCN(CC(O)CC)CC1. The molecule has 0 aromatic carbocycles. The van der Waals surface area contributed by atoms with E-state index in [1.807, 2.05) is 13.8 Å². The Morgan fingerprint density at radius 3 is 1.20 bits per heavy atom. The molecule has 4 aliphatic heterocycles. The Morgan fingerprint density at radius 2 is 0.933 bits per heavy atom. The van der Waals surface area contributed by atoms with Gasteiger partial charge in [-0.3, -0.25) is 19.6 Å². The summed E-state index contributed by atoms with van der Waals surface area (Å²) in [7, 11) is 0. The first-order valence-electron chi connectivity index (χ1n) is 12.0. The van der Waals surface area contributed by atoms with Gasteiger partial charge in [-0.25, -0.2) is 0 Å². The van der Waals surface area contributed by atoms with E-state index in [0.717, 1.165) is 78.4 Å². The second-order valence-corrected chi connectivity index (χ2v) is 9.24. The predicted molar refractivity (Wildman–Crippen MR) is 118 cm³/mol. The highest BCUT2D eigenvalue weighted by Crippen LogP contribution is 2.15. The average Bonchev–Trinajstić information content (AvgIpc) is 3.68. The Balaban J connectivity index is 0.000000171. The minimum atomic E-state index is -0.187. The van der Waals surface area contributed by atoms with Gasteiger partial charge in [0.1, 0.15) is 0 Å². The maximum Gasteiger partial charge on any atom is 0.0936 e. The van der Waals surface area contributed by atoms with Gasteiger partial charge in [-0.2, -0.15) is 0 Å². The van der Waals surface area contributed by atoms with Crippen molar-refractivity contribution in [1.82, 2.24) is 19.6 Å². The summed E-state index contributed by atoms with van der Waals surface area (Å²) >= 11 is 0. The third-order valence-electron chi connectivity index (χ3n) is 6.54. The van der Waals surface area contributed by atoms with Gasteiger partial charge in [-0.1, -0.05) is 13.8 Å². The van der Waals surface area contributed by atoms with Crippen LogP contribution < -0.4 is 0 Å². The maximum atomic E-state index is 9.56. The van der Waals surface area contributed by atoms with Crippen molar-refractivity contribution in [3.8, 4) is 0 Å². The molecule has 8 nitrogen and oxygen atoms in total. The molecule has 8 heteroatoms. The van der Waals surface area contributed by atoms with E-state index < -0.39 is 0 Å². The van der Waals surface area contributed by atoms with Crippen molar-refractivity contribution in [1.29, 1.82) is 0 Å². The first-order chi connectivity index (χ1) is 14.6. The first kappa shape index (κ1) is 24.3. The highest BCUT2D eigenvalue weighted by atomic mass is 16.6. The van der Waals surface area contributed by atoms with Crippen LogP contribution in [0.1, 0.15) is 26.7 Å². The lowest BCUT2D eigenvalue weighted by Crippen LogP contribution is -2.50. The van der Waals surface area contributed by atoms with Gasteiger partial charge in [0, 0.05) is 78.5 Å². The van der Waals surface area contributed by atoms with Crippen LogP contribution in [-0.2, 0) is 9.47 Å². The molecular formula is C22H44N4O4. The Kier molecular flexibility index (Phi) is 10.3. The van der Waals surface area contributed by atoms with Crippen molar-refractivity contribution < 1.29 is 19.7 Å². The van der Waals surface area contributed by atoms with E-state index in [1.54, 1.807) is 0 Å². The van der Waals surface area contributed by atoms with Crippen LogP contribution >= 0.6 is 0 Å². The second-order valence-electron chi connectivity index (χ2n) is 9.24. The third kappa shape index (κ3) is 9.44. The Hall–Kier alpha value is -0.320. The molecular weight excluding hydrogens is 384 g/mol. The molecule has 0 bridgehead atoms. The van der Waals surface area contributed by atoms with Gasteiger partial charge in [0.05, 0.1) is 37.6 Å². The molecule has 0 saturated carbocycles. The Labute approximate surface area is 182 Å². The van der Waals surface area contributed by atoms with Crippen LogP contribution in [0, 0.1) is 0 Å². The van der Waals surface area contributed by atoms with Crippen LogP contribution in [0.25, 0.3) is 0 Å². The summed E-state index contributed by atoms with van der Waals surface area (Å²) in [6.07, 6.45) is 2.38. The molecule has 30 heavy (non-hydrogen) atoms. The van der Waals surface area contributed by atoms with Crippen LogP contribution in [0.2, 0.25) is 0 Å². The maximum absolute atomic E-state index is 9.56. The predicted octanol–water partition coefficient (Wildman–Crippen LogP) is -0.453. The van der Waals surface area contributed by atoms with Gasteiger partial charge in [-0.15, -0.1) is 0 Å². The molecule has 4 atom stereocenters. The molecule has 0 aliphatic carbocycles. The Morgan fingerprint density at radius 1 is 0.633 bits per heavy atom. The minimum absolute atomic E-state index is 0.187. The monoisotopic (exact) mass is 428 g/mol. The highest BCUT2D eigenvalue weighted by molar-refractivity contribution is 4.82. The normalized spacial score (nSPS) is 30.4. The zero-order chi connectivity index (χ0) is 21.3. The van der Waals surface area contributed by atoms with E-state index in [-0.39, 0.29) is 12.2 Å². The molecule has 4 fully saturated rings. The number of hydrogen-bond donors (Lipinski definition) is 2. The number of piperazine rings is 2. The summed E-state index contributed by atoms with van der Waals surface area (Å²) in [6, 6.07) is 0. The zero-order valence-corrected chi connectivity index (χ0v) is 19.1. The molecule has 0 radical (unpaired) electrons. The molecule has 4 unspecified atom stereocenters. The molecule has 2 N–H and O–H groups in total. The number of aliphatic hydroxyl groups is 2. The zero-order valence-electron chi connectivity index (χ0n) is 19.1. The van der Waals surface area contributed by atoms with Crippen molar-refractivity contribution in [2.75, 3.05) is 91.8 Å². The van der Waals surface area contributed by atoms with Gasteiger partial charge >= 0.3 is 0 Å². The number of rotatable bonds is 10. The summed E-state index contributed by atoms with van der Waals surface area (Å²) in [4.78, 5) is 9.65. The van der Waals surface area contributed by atoms with Crippen LogP contribution in [0.15, 0.2) is 0 Å². The number of ether oxygens (including phenoxy) is 2. The van der Waals surface area contributed by atoms with E-state index in [2.05, 4.69) is 19.6 Å². The molecule has 0 aromatic rings. The van der Waals surface area contributed by atoms with Gasteiger partial charge in [0.15, 0.2) is 0 Å². The van der Waals surface area contributed by atoms with Crippen LogP contribution in [0.4, 0.5) is 0 Å². The molecule has 4 saturated heterocycles. The first-order valence-corrected chi connectivity index (χ1v) is 12.0. The topological polar surface area (TPSA) is 78.5 Å². The molecule has 4 rings (SSSR count). The number of hydrogen-bond acceptors (Lipinski definition) is 8. The number of epoxide rings is 2. The third-order valence-corrected chi connectivity index (χ3v) is 6.54. The summed E-state index contributed by atoms with van der Waals surface area (Å²) in [5.41, 5.74) is 0. The smallest absolute Gasteiger partial charge is 0.0936 e. The van der Waals surface area contributed by atoms with Crippen molar-refractivity contribution in [3.63, 3.8) is 0 Å². The van der Waals surface area contributed by atoms with Crippen molar-refractivity contribution >= 4 is 0 Å². The average molecular weight is 429 g/mol. The molecule has 0 aromatic heterocycles. The van der Waals surface area contributed by atoms with Crippen molar-refractivity contribution in [2.24, 2.45) is 0 Å². The lowest BCUT2D eigenvalue weighted by atomic mass is 10.2. The Bertz CT molecular complexity index is 420. The van der Waals surface area contributed by atoms with Crippen molar-refractivity contribution in [3.05, 3.63) is 0 Å². The van der Waals surface area contributed by atoms with E-state index in [9.17, 15) is 10.2 Å². The summed E-state index contributed by atoms with van der Waals surface area (Å²) < 4.78 is 10.5. The lowest BCUT2D eigenvalue weighted by molar-refractivity contribution is 0.0471. The molecule has 176 valence electrons.